The molecule has 2 N–H and O–H groups in total. The predicted molar refractivity (Wildman–Crippen MR) is 112 cm³/mol. The van der Waals surface area contributed by atoms with Crippen molar-refractivity contribution >= 4 is 22.7 Å². The number of fused-ring (bicyclic) bond motifs is 1. The maximum atomic E-state index is 12.8. The van der Waals surface area contributed by atoms with E-state index >= 15 is 0 Å². The Balaban J connectivity index is 1.50. The molecule has 2 aromatic carbocycles. The molecule has 0 aliphatic heterocycles. The van der Waals surface area contributed by atoms with Crippen molar-refractivity contribution in [2.24, 2.45) is 0 Å². The van der Waals surface area contributed by atoms with Crippen molar-refractivity contribution in [1.82, 2.24) is 15.8 Å². The van der Waals surface area contributed by atoms with Crippen LogP contribution in [0.5, 0.6) is 5.75 Å². The van der Waals surface area contributed by atoms with Gasteiger partial charge in [-0.3, -0.25) is 20.4 Å². The third-order valence-electron chi connectivity index (χ3n) is 4.57. The number of nitrogens with one attached hydrogen (secondary N) is 2. The Bertz CT molecular complexity index is 1190. The van der Waals surface area contributed by atoms with Crippen LogP contribution in [-0.4, -0.2) is 23.9 Å². The molecule has 4 rings (SSSR count). The molecule has 0 spiro atoms. The number of aromatic nitrogens is 1. The number of rotatable bonds is 5. The number of ether oxygens (including phenoxy) is 1. The van der Waals surface area contributed by atoms with Crippen LogP contribution in [-0.2, 0) is 11.2 Å². The largest absolute Gasteiger partial charge is 0.497 e. The van der Waals surface area contributed by atoms with Crippen LogP contribution in [0.15, 0.2) is 77.4 Å². The number of amides is 2. The van der Waals surface area contributed by atoms with E-state index in [1.165, 1.54) is 0 Å². The van der Waals surface area contributed by atoms with Gasteiger partial charge in [0.2, 0.25) is 5.91 Å². The summed E-state index contributed by atoms with van der Waals surface area (Å²) in [6.45, 7) is 0. The van der Waals surface area contributed by atoms with E-state index in [1.54, 1.807) is 55.8 Å². The Labute approximate surface area is 172 Å². The number of methoxy groups -OCH3 is 1. The van der Waals surface area contributed by atoms with E-state index in [4.69, 9.17) is 9.15 Å². The average Bonchev–Trinajstić information content (AvgIpc) is 3.32. The molecule has 2 amide bonds. The van der Waals surface area contributed by atoms with Gasteiger partial charge in [0.1, 0.15) is 11.4 Å². The second kappa shape index (κ2) is 8.48. The fourth-order valence-corrected chi connectivity index (χ4v) is 3.08. The standard InChI is InChI=1S/C23H19N3O4/c1-29-16-10-8-15(9-11-16)13-22(27)25-26-23(28)18-14-20(21-7-4-12-30-21)24-19-6-3-2-5-17(18)19/h2-12,14H,13H2,1H3,(H,25,27)(H,26,28). The Morgan fingerprint density at radius 2 is 1.80 bits per heavy atom. The zero-order valence-corrected chi connectivity index (χ0v) is 16.2. The van der Waals surface area contributed by atoms with Crippen LogP contribution in [0.1, 0.15) is 15.9 Å². The van der Waals surface area contributed by atoms with Crippen molar-refractivity contribution in [3.05, 3.63) is 84.1 Å². The van der Waals surface area contributed by atoms with Crippen molar-refractivity contribution in [3.8, 4) is 17.2 Å². The highest BCUT2D eigenvalue weighted by molar-refractivity contribution is 6.07. The summed E-state index contributed by atoms with van der Waals surface area (Å²) in [5.74, 6) is 0.491. The molecule has 30 heavy (non-hydrogen) atoms. The van der Waals surface area contributed by atoms with E-state index < -0.39 is 5.91 Å². The average molecular weight is 401 g/mol. The fraction of sp³-hybridized carbons (Fsp3) is 0.0870. The second-order valence-electron chi connectivity index (χ2n) is 6.58. The Morgan fingerprint density at radius 1 is 1.00 bits per heavy atom. The van der Waals surface area contributed by atoms with Gasteiger partial charge in [-0.2, -0.15) is 0 Å². The first-order chi connectivity index (χ1) is 14.6. The van der Waals surface area contributed by atoms with Crippen molar-refractivity contribution < 1.29 is 18.7 Å². The molecule has 2 aromatic heterocycles. The fourth-order valence-electron chi connectivity index (χ4n) is 3.08. The van der Waals surface area contributed by atoms with E-state index in [0.29, 0.717) is 33.7 Å². The van der Waals surface area contributed by atoms with E-state index in [-0.39, 0.29) is 12.3 Å². The van der Waals surface area contributed by atoms with Crippen molar-refractivity contribution in [3.63, 3.8) is 0 Å². The van der Waals surface area contributed by atoms with Crippen molar-refractivity contribution in [1.29, 1.82) is 0 Å². The Morgan fingerprint density at radius 3 is 2.53 bits per heavy atom. The molecule has 150 valence electrons. The number of carbonyl (C=O) groups is 2. The summed E-state index contributed by atoms with van der Waals surface area (Å²) in [7, 11) is 1.58. The second-order valence-corrected chi connectivity index (χ2v) is 6.58. The monoisotopic (exact) mass is 401 g/mol. The van der Waals surface area contributed by atoms with Crippen molar-refractivity contribution in [2.75, 3.05) is 7.11 Å². The number of hydrazine groups is 1. The third kappa shape index (κ3) is 4.15. The highest BCUT2D eigenvalue weighted by atomic mass is 16.5. The third-order valence-corrected chi connectivity index (χ3v) is 4.57. The maximum absolute atomic E-state index is 12.8. The van der Waals surface area contributed by atoms with E-state index in [1.807, 2.05) is 24.3 Å². The van der Waals surface area contributed by atoms with Crippen molar-refractivity contribution in [2.45, 2.75) is 6.42 Å². The molecule has 0 saturated carbocycles. The number of carbonyl (C=O) groups excluding carboxylic acids is 2. The van der Waals surface area contributed by atoms with E-state index in [0.717, 1.165) is 5.56 Å². The van der Waals surface area contributed by atoms with Gasteiger partial charge >= 0.3 is 0 Å². The van der Waals surface area contributed by atoms with Gasteiger partial charge in [0.25, 0.3) is 5.91 Å². The van der Waals surface area contributed by atoms with Crippen LogP contribution in [0, 0.1) is 0 Å². The minimum atomic E-state index is -0.440. The highest BCUT2D eigenvalue weighted by Crippen LogP contribution is 2.25. The number of benzene rings is 2. The van der Waals surface area contributed by atoms with Gasteiger partial charge in [-0.05, 0) is 42.0 Å². The van der Waals surface area contributed by atoms with Gasteiger partial charge in [0.05, 0.1) is 30.9 Å². The normalized spacial score (nSPS) is 10.6. The van der Waals surface area contributed by atoms with E-state index in [2.05, 4.69) is 15.8 Å². The molecule has 7 nitrogen and oxygen atoms in total. The lowest BCUT2D eigenvalue weighted by Gasteiger charge is -2.11. The molecule has 2 heterocycles. The minimum Gasteiger partial charge on any atom is -0.497 e. The first kappa shape index (κ1) is 19.2. The smallest absolute Gasteiger partial charge is 0.270 e. The maximum Gasteiger partial charge on any atom is 0.270 e. The lowest BCUT2D eigenvalue weighted by atomic mass is 10.1. The molecular weight excluding hydrogens is 382 g/mol. The number of nitrogens with zero attached hydrogens (tertiary/aromatic N) is 1. The van der Waals surface area contributed by atoms with Gasteiger partial charge in [-0.1, -0.05) is 30.3 Å². The lowest BCUT2D eigenvalue weighted by Crippen LogP contribution is -2.42. The number of para-hydroxylation sites is 1. The number of hydrogen-bond acceptors (Lipinski definition) is 5. The lowest BCUT2D eigenvalue weighted by molar-refractivity contribution is -0.121. The molecule has 0 radical (unpaired) electrons. The molecule has 4 aromatic rings. The van der Waals surface area contributed by atoms with Crippen LogP contribution in [0.4, 0.5) is 0 Å². The molecule has 7 heteroatoms. The minimum absolute atomic E-state index is 0.124. The summed E-state index contributed by atoms with van der Waals surface area (Å²) in [4.78, 5) is 29.6. The van der Waals surface area contributed by atoms with Gasteiger partial charge in [-0.15, -0.1) is 0 Å². The molecular formula is C23H19N3O4. The summed E-state index contributed by atoms with van der Waals surface area (Å²) in [6.07, 6.45) is 1.67. The highest BCUT2D eigenvalue weighted by Gasteiger charge is 2.15. The quantitative estimate of drug-likeness (QED) is 0.499. The molecule has 0 saturated heterocycles. The topological polar surface area (TPSA) is 93.5 Å². The molecule has 0 atom stereocenters. The van der Waals surface area contributed by atoms with Crippen LogP contribution in [0.25, 0.3) is 22.4 Å². The first-order valence-corrected chi connectivity index (χ1v) is 9.30. The van der Waals surface area contributed by atoms with Gasteiger partial charge in [0.15, 0.2) is 5.76 Å². The molecule has 0 aliphatic carbocycles. The van der Waals surface area contributed by atoms with Gasteiger partial charge < -0.3 is 9.15 Å². The molecule has 0 aliphatic rings. The van der Waals surface area contributed by atoms with Crippen LogP contribution in [0.3, 0.4) is 0 Å². The Kier molecular flexibility index (Phi) is 5.43. The predicted octanol–water partition coefficient (Wildman–Crippen LogP) is 3.51. The zero-order valence-electron chi connectivity index (χ0n) is 16.2. The summed E-state index contributed by atoms with van der Waals surface area (Å²) in [5, 5.41) is 0.676. The SMILES string of the molecule is COc1ccc(CC(=O)NNC(=O)c2cc(-c3ccco3)nc3ccccc23)cc1. The summed E-state index contributed by atoms with van der Waals surface area (Å²) < 4.78 is 10.5. The van der Waals surface area contributed by atoms with Gasteiger partial charge in [-0.25, -0.2) is 4.98 Å². The molecule has 0 unspecified atom stereocenters. The zero-order chi connectivity index (χ0) is 20.9. The molecule has 0 fully saturated rings. The summed E-state index contributed by atoms with van der Waals surface area (Å²) in [6, 6.07) is 19.6. The molecule has 0 bridgehead atoms. The van der Waals surface area contributed by atoms with E-state index in [9.17, 15) is 9.59 Å². The first-order valence-electron chi connectivity index (χ1n) is 9.30. The van der Waals surface area contributed by atoms with Gasteiger partial charge in [0, 0.05) is 5.39 Å². The summed E-state index contributed by atoms with van der Waals surface area (Å²) in [5.41, 5.74) is 7.33. The van der Waals surface area contributed by atoms with Crippen LogP contribution in [0.2, 0.25) is 0 Å². The van der Waals surface area contributed by atoms with Crippen LogP contribution < -0.4 is 15.6 Å². The number of furan rings is 1. The Hall–Kier alpha value is -4.13. The number of pyridine rings is 1. The summed E-state index contributed by atoms with van der Waals surface area (Å²) >= 11 is 0. The number of hydrogen-bond donors (Lipinski definition) is 2. The van der Waals surface area contributed by atoms with Crippen LogP contribution >= 0.6 is 0 Å².